The minimum absolute atomic E-state index is 0.399. The van der Waals surface area contributed by atoms with Crippen LogP contribution in [0.15, 0.2) is 65.1 Å². The lowest BCUT2D eigenvalue weighted by molar-refractivity contribution is -0.139. The third kappa shape index (κ3) is 4.38. The summed E-state index contributed by atoms with van der Waals surface area (Å²) in [6, 6.07) is 19.0. The van der Waals surface area contributed by atoms with E-state index in [0.29, 0.717) is 18.7 Å². The molecule has 0 heterocycles. The van der Waals surface area contributed by atoms with Crippen LogP contribution in [0, 0.1) is 0 Å². The zero-order chi connectivity index (χ0) is 17.8. The number of carbonyl (C=O) groups is 1. The lowest BCUT2D eigenvalue weighted by atomic mass is 10.0. The highest BCUT2D eigenvalue weighted by Crippen LogP contribution is 2.19. The molecule has 3 aromatic carbocycles. The van der Waals surface area contributed by atoms with Crippen LogP contribution < -0.4 is 11.1 Å². The van der Waals surface area contributed by atoms with Crippen LogP contribution in [-0.4, -0.2) is 17.1 Å². The van der Waals surface area contributed by atoms with Crippen molar-refractivity contribution in [2.45, 2.75) is 19.0 Å². The van der Waals surface area contributed by atoms with Crippen molar-refractivity contribution in [1.82, 2.24) is 5.32 Å². The summed E-state index contributed by atoms with van der Waals surface area (Å²) in [5.74, 6) is -0.873. The van der Waals surface area contributed by atoms with Gasteiger partial charge in [0.15, 0.2) is 0 Å². The third-order valence-corrected chi connectivity index (χ3v) is 4.69. The molecule has 25 heavy (non-hydrogen) atoms. The van der Waals surface area contributed by atoms with Crippen molar-refractivity contribution >= 4 is 38.4 Å². The number of anilines is 1. The molecule has 3 aromatic rings. The standard InChI is InChI=1S/C20H19BrN2O2/c21-17-7-8-18(22)16(11-17)12-23-19(20(24)25)10-13-5-6-14-3-1-2-4-15(14)9-13/h1-9,11,19,23H,10,12,22H2,(H,24,25). The first-order valence-corrected chi connectivity index (χ1v) is 8.80. The van der Waals surface area contributed by atoms with Crippen molar-refractivity contribution in [2.75, 3.05) is 5.73 Å². The Balaban J connectivity index is 1.74. The van der Waals surface area contributed by atoms with Crippen LogP contribution in [0.3, 0.4) is 0 Å². The third-order valence-electron chi connectivity index (χ3n) is 4.20. The Labute approximate surface area is 154 Å². The number of rotatable bonds is 6. The summed E-state index contributed by atoms with van der Waals surface area (Å²) in [4.78, 5) is 11.6. The van der Waals surface area contributed by atoms with Gasteiger partial charge in [0.1, 0.15) is 6.04 Å². The molecule has 0 aliphatic heterocycles. The number of nitrogens with two attached hydrogens (primary N) is 1. The van der Waals surface area contributed by atoms with Crippen molar-refractivity contribution < 1.29 is 9.90 Å². The summed E-state index contributed by atoms with van der Waals surface area (Å²) >= 11 is 3.41. The number of nitrogens with one attached hydrogen (secondary N) is 1. The molecule has 4 nitrogen and oxygen atoms in total. The molecule has 128 valence electrons. The van der Waals surface area contributed by atoms with Gasteiger partial charge in [0.25, 0.3) is 0 Å². The molecule has 0 aromatic heterocycles. The zero-order valence-electron chi connectivity index (χ0n) is 13.6. The van der Waals surface area contributed by atoms with Crippen molar-refractivity contribution in [3.05, 3.63) is 76.3 Å². The lowest BCUT2D eigenvalue weighted by Gasteiger charge is -2.16. The predicted molar refractivity (Wildman–Crippen MR) is 104 cm³/mol. The molecule has 0 aliphatic carbocycles. The first-order valence-electron chi connectivity index (χ1n) is 8.01. The zero-order valence-corrected chi connectivity index (χ0v) is 15.2. The maximum atomic E-state index is 11.6. The quantitative estimate of drug-likeness (QED) is 0.549. The van der Waals surface area contributed by atoms with Gasteiger partial charge in [-0.2, -0.15) is 0 Å². The number of carboxylic acid groups (broad SMARTS) is 1. The van der Waals surface area contributed by atoms with Crippen molar-refractivity contribution in [1.29, 1.82) is 0 Å². The van der Waals surface area contributed by atoms with Crippen LogP contribution in [0.4, 0.5) is 5.69 Å². The summed E-state index contributed by atoms with van der Waals surface area (Å²) in [5.41, 5.74) is 8.46. The Morgan fingerprint density at radius 1 is 1.08 bits per heavy atom. The van der Waals surface area contributed by atoms with E-state index in [4.69, 9.17) is 5.73 Å². The maximum Gasteiger partial charge on any atom is 0.321 e. The molecule has 0 amide bonds. The summed E-state index contributed by atoms with van der Waals surface area (Å²) in [5, 5.41) is 14.9. The van der Waals surface area contributed by atoms with Gasteiger partial charge in [-0.05, 0) is 46.5 Å². The average Bonchev–Trinajstić information content (AvgIpc) is 2.61. The number of carboxylic acids is 1. The molecule has 0 saturated carbocycles. The van der Waals surface area contributed by atoms with E-state index in [1.807, 2.05) is 54.6 Å². The largest absolute Gasteiger partial charge is 0.480 e. The molecule has 0 fully saturated rings. The second kappa shape index (κ2) is 7.68. The normalized spacial score (nSPS) is 12.2. The number of hydrogen-bond acceptors (Lipinski definition) is 3. The van der Waals surface area contributed by atoms with E-state index in [1.165, 1.54) is 0 Å². The van der Waals surface area contributed by atoms with E-state index in [0.717, 1.165) is 26.4 Å². The Morgan fingerprint density at radius 2 is 1.84 bits per heavy atom. The molecule has 0 radical (unpaired) electrons. The highest BCUT2D eigenvalue weighted by molar-refractivity contribution is 9.10. The molecule has 3 rings (SSSR count). The highest BCUT2D eigenvalue weighted by Gasteiger charge is 2.18. The van der Waals surface area contributed by atoms with Gasteiger partial charge in [0.2, 0.25) is 0 Å². The topological polar surface area (TPSA) is 75.3 Å². The van der Waals surface area contributed by atoms with Gasteiger partial charge in [0, 0.05) is 16.7 Å². The minimum atomic E-state index is -0.873. The minimum Gasteiger partial charge on any atom is -0.480 e. The predicted octanol–water partition coefficient (Wildman–Crippen LogP) is 3.97. The van der Waals surface area contributed by atoms with Crippen molar-refractivity contribution in [3.8, 4) is 0 Å². The molecule has 0 spiro atoms. The summed E-state index contributed by atoms with van der Waals surface area (Å²) in [6.45, 7) is 0.399. The molecule has 0 bridgehead atoms. The Morgan fingerprint density at radius 3 is 2.60 bits per heavy atom. The molecular weight excluding hydrogens is 380 g/mol. The number of benzene rings is 3. The van der Waals surface area contributed by atoms with Crippen LogP contribution in [0.25, 0.3) is 10.8 Å². The van der Waals surface area contributed by atoms with Gasteiger partial charge >= 0.3 is 5.97 Å². The van der Waals surface area contributed by atoms with Gasteiger partial charge in [0.05, 0.1) is 0 Å². The first kappa shape index (κ1) is 17.5. The summed E-state index contributed by atoms with van der Waals surface area (Å²) < 4.78 is 0.917. The van der Waals surface area contributed by atoms with Crippen LogP contribution in [0.2, 0.25) is 0 Å². The van der Waals surface area contributed by atoms with E-state index in [2.05, 4.69) is 21.2 Å². The fourth-order valence-corrected chi connectivity index (χ4v) is 3.22. The molecule has 4 N–H and O–H groups in total. The lowest BCUT2D eigenvalue weighted by Crippen LogP contribution is -2.38. The van der Waals surface area contributed by atoms with Crippen molar-refractivity contribution in [2.24, 2.45) is 0 Å². The number of hydrogen-bond donors (Lipinski definition) is 3. The molecule has 0 aliphatic rings. The average molecular weight is 399 g/mol. The molecule has 1 atom stereocenters. The Kier molecular flexibility index (Phi) is 5.36. The van der Waals surface area contributed by atoms with Gasteiger partial charge < -0.3 is 10.8 Å². The van der Waals surface area contributed by atoms with Gasteiger partial charge in [-0.1, -0.05) is 58.4 Å². The second-order valence-corrected chi connectivity index (χ2v) is 6.92. The Hall–Kier alpha value is -2.37. The fraction of sp³-hybridized carbons (Fsp3) is 0.150. The maximum absolute atomic E-state index is 11.6. The van der Waals surface area contributed by atoms with Crippen LogP contribution in [0.1, 0.15) is 11.1 Å². The summed E-state index contributed by atoms with van der Waals surface area (Å²) in [7, 11) is 0. The van der Waals surface area contributed by atoms with Crippen LogP contribution >= 0.6 is 15.9 Å². The number of nitrogen functional groups attached to an aromatic ring is 1. The molecule has 1 unspecified atom stereocenters. The number of aliphatic carboxylic acids is 1. The van der Waals surface area contributed by atoms with Gasteiger partial charge in [-0.15, -0.1) is 0 Å². The van der Waals surface area contributed by atoms with E-state index >= 15 is 0 Å². The van der Waals surface area contributed by atoms with Crippen LogP contribution in [0.5, 0.6) is 0 Å². The smallest absolute Gasteiger partial charge is 0.321 e. The number of halogens is 1. The fourth-order valence-electron chi connectivity index (χ4n) is 2.81. The number of fused-ring (bicyclic) bond motifs is 1. The molecular formula is C20H19BrN2O2. The van der Waals surface area contributed by atoms with Crippen molar-refractivity contribution in [3.63, 3.8) is 0 Å². The van der Waals surface area contributed by atoms with E-state index in [1.54, 1.807) is 6.07 Å². The molecule has 5 heteroatoms. The van der Waals surface area contributed by atoms with Crippen LogP contribution in [-0.2, 0) is 17.8 Å². The first-order chi connectivity index (χ1) is 12.0. The molecule has 0 saturated heterocycles. The highest BCUT2D eigenvalue weighted by atomic mass is 79.9. The van der Waals surface area contributed by atoms with E-state index < -0.39 is 12.0 Å². The second-order valence-electron chi connectivity index (χ2n) is 6.00. The van der Waals surface area contributed by atoms with E-state index in [-0.39, 0.29) is 0 Å². The van der Waals surface area contributed by atoms with E-state index in [9.17, 15) is 9.90 Å². The Bertz CT molecular complexity index is 911. The summed E-state index contributed by atoms with van der Waals surface area (Å²) in [6.07, 6.45) is 0.411. The van der Waals surface area contributed by atoms with Gasteiger partial charge in [-0.3, -0.25) is 10.1 Å². The monoisotopic (exact) mass is 398 g/mol. The van der Waals surface area contributed by atoms with Gasteiger partial charge in [-0.25, -0.2) is 0 Å². The SMILES string of the molecule is Nc1ccc(Br)cc1CNC(Cc1ccc2ccccc2c1)C(=O)O.